The van der Waals surface area contributed by atoms with E-state index in [1.807, 2.05) is 0 Å². The van der Waals surface area contributed by atoms with E-state index in [4.69, 9.17) is 11.6 Å². The first-order valence-electron chi connectivity index (χ1n) is 5.31. The molecule has 0 saturated heterocycles. The average Bonchev–Trinajstić information content (AvgIpc) is 2.39. The summed E-state index contributed by atoms with van der Waals surface area (Å²) in [5.41, 5.74) is 2.93. The Morgan fingerprint density at radius 3 is 2.89 bits per heavy atom. The summed E-state index contributed by atoms with van der Waals surface area (Å²) in [6.07, 6.45) is 2.94. The zero-order valence-electron chi connectivity index (χ0n) is 9.65. The Morgan fingerprint density at radius 2 is 2.21 bits per heavy atom. The summed E-state index contributed by atoms with van der Waals surface area (Å²) >= 11 is 5.80. The van der Waals surface area contributed by atoms with E-state index >= 15 is 0 Å². The number of nitrogens with zero attached hydrogens (tertiary/aromatic N) is 3. The lowest BCUT2D eigenvalue weighted by Gasteiger charge is -1.99. The SMILES string of the molecule is O=[N+]([O-])c1ccc(Cl)cc1/C=N\Nc1ccccn1. The Bertz CT molecular complexity index is 616. The zero-order valence-corrected chi connectivity index (χ0v) is 10.4. The minimum atomic E-state index is -0.488. The van der Waals surface area contributed by atoms with Gasteiger partial charge in [-0.15, -0.1) is 0 Å². The van der Waals surface area contributed by atoms with Crippen LogP contribution in [0.4, 0.5) is 11.5 Å². The van der Waals surface area contributed by atoms with E-state index in [0.717, 1.165) is 0 Å². The first kappa shape index (κ1) is 13.0. The second kappa shape index (κ2) is 5.92. The molecule has 0 aliphatic rings. The first-order valence-corrected chi connectivity index (χ1v) is 5.68. The van der Waals surface area contributed by atoms with Crippen LogP contribution < -0.4 is 5.43 Å². The van der Waals surface area contributed by atoms with E-state index in [-0.39, 0.29) is 5.69 Å². The molecule has 0 radical (unpaired) electrons. The largest absolute Gasteiger partial charge is 0.278 e. The number of hydrazone groups is 1. The molecule has 2 rings (SSSR count). The number of nitro groups is 1. The molecule has 7 heteroatoms. The Morgan fingerprint density at radius 1 is 1.37 bits per heavy atom. The molecule has 6 nitrogen and oxygen atoms in total. The smallest absolute Gasteiger partial charge is 0.261 e. The Kier molecular flexibility index (Phi) is 4.04. The lowest BCUT2D eigenvalue weighted by molar-refractivity contribution is -0.385. The highest BCUT2D eigenvalue weighted by atomic mass is 35.5. The third-order valence-corrected chi connectivity index (χ3v) is 2.47. The normalized spacial score (nSPS) is 10.6. The molecule has 1 aromatic carbocycles. The molecule has 1 heterocycles. The fourth-order valence-electron chi connectivity index (χ4n) is 1.39. The van der Waals surface area contributed by atoms with Crippen molar-refractivity contribution in [3.05, 3.63) is 63.3 Å². The minimum absolute atomic E-state index is 0.0593. The Labute approximate surface area is 113 Å². The zero-order chi connectivity index (χ0) is 13.7. The molecule has 0 aliphatic heterocycles. The number of pyridine rings is 1. The van der Waals surface area contributed by atoms with Gasteiger partial charge < -0.3 is 0 Å². The second-order valence-electron chi connectivity index (χ2n) is 3.55. The van der Waals surface area contributed by atoms with Gasteiger partial charge in [-0.25, -0.2) is 4.98 Å². The van der Waals surface area contributed by atoms with Crippen molar-refractivity contribution in [2.75, 3.05) is 5.43 Å². The fraction of sp³-hybridized carbons (Fsp3) is 0. The van der Waals surface area contributed by atoms with Crippen LogP contribution in [0.15, 0.2) is 47.7 Å². The fourth-order valence-corrected chi connectivity index (χ4v) is 1.57. The quantitative estimate of drug-likeness (QED) is 0.528. The molecule has 1 N–H and O–H groups in total. The summed E-state index contributed by atoms with van der Waals surface area (Å²) in [5, 5.41) is 15.1. The first-order chi connectivity index (χ1) is 9.16. The van der Waals surface area contributed by atoms with Crippen molar-refractivity contribution in [1.29, 1.82) is 0 Å². The highest BCUT2D eigenvalue weighted by Crippen LogP contribution is 2.21. The lowest BCUT2D eigenvalue weighted by Crippen LogP contribution is -1.97. The molecule has 19 heavy (non-hydrogen) atoms. The van der Waals surface area contributed by atoms with Crippen LogP contribution in [0.3, 0.4) is 0 Å². The van der Waals surface area contributed by atoms with Gasteiger partial charge >= 0.3 is 0 Å². The highest BCUT2D eigenvalue weighted by molar-refractivity contribution is 6.31. The molecule has 2 aromatic rings. The van der Waals surface area contributed by atoms with Gasteiger partial charge in [-0.3, -0.25) is 15.5 Å². The molecule has 0 spiro atoms. The van der Waals surface area contributed by atoms with E-state index in [1.54, 1.807) is 24.4 Å². The van der Waals surface area contributed by atoms with Crippen molar-refractivity contribution < 1.29 is 4.92 Å². The number of halogens is 1. The van der Waals surface area contributed by atoms with Gasteiger partial charge in [-0.1, -0.05) is 17.7 Å². The maximum atomic E-state index is 10.8. The highest BCUT2D eigenvalue weighted by Gasteiger charge is 2.11. The molecule has 0 amide bonds. The van der Waals surface area contributed by atoms with Crippen LogP contribution in [0, 0.1) is 10.1 Å². The number of rotatable bonds is 4. The van der Waals surface area contributed by atoms with E-state index in [2.05, 4.69) is 15.5 Å². The van der Waals surface area contributed by atoms with Crippen LogP contribution in [0.25, 0.3) is 0 Å². The maximum Gasteiger partial charge on any atom is 0.278 e. The summed E-state index contributed by atoms with van der Waals surface area (Å²) in [7, 11) is 0. The third kappa shape index (κ3) is 3.49. The molecule has 0 unspecified atom stereocenters. The molecule has 96 valence electrons. The number of nitro benzene ring substituents is 1. The monoisotopic (exact) mass is 276 g/mol. The van der Waals surface area contributed by atoms with Crippen molar-refractivity contribution in [3.8, 4) is 0 Å². The number of nitrogens with one attached hydrogen (secondary N) is 1. The van der Waals surface area contributed by atoms with Crippen LogP contribution in [-0.4, -0.2) is 16.1 Å². The van der Waals surface area contributed by atoms with Crippen molar-refractivity contribution in [2.24, 2.45) is 5.10 Å². The molecule has 0 bridgehead atoms. The Hall–Kier alpha value is -2.47. The topological polar surface area (TPSA) is 80.4 Å². The Balaban J connectivity index is 2.18. The number of hydrogen-bond acceptors (Lipinski definition) is 5. The van der Waals surface area contributed by atoms with Crippen LogP contribution in [0.2, 0.25) is 5.02 Å². The molecule has 0 fully saturated rings. The van der Waals surface area contributed by atoms with Crippen LogP contribution >= 0.6 is 11.6 Å². The van der Waals surface area contributed by atoms with Crippen LogP contribution in [-0.2, 0) is 0 Å². The van der Waals surface area contributed by atoms with Crippen LogP contribution in [0.1, 0.15) is 5.56 Å². The summed E-state index contributed by atoms with van der Waals surface area (Å²) in [6.45, 7) is 0. The van der Waals surface area contributed by atoms with Crippen molar-refractivity contribution in [1.82, 2.24) is 4.98 Å². The van der Waals surface area contributed by atoms with Gasteiger partial charge in [0.25, 0.3) is 5.69 Å². The van der Waals surface area contributed by atoms with Gasteiger partial charge in [0, 0.05) is 17.3 Å². The van der Waals surface area contributed by atoms with Gasteiger partial charge in [0.1, 0.15) is 5.82 Å². The lowest BCUT2D eigenvalue weighted by atomic mass is 10.2. The number of anilines is 1. The van der Waals surface area contributed by atoms with Gasteiger partial charge in [0.05, 0.1) is 16.7 Å². The molecular formula is C12H9ClN4O2. The molecule has 0 atom stereocenters. The third-order valence-electron chi connectivity index (χ3n) is 2.23. The second-order valence-corrected chi connectivity index (χ2v) is 3.98. The van der Waals surface area contributed by atoms with Gasteiger partial charge in [0.15, 0.2) is 0 Å². The summed E-state index contributed by atoms with van der Waals surface area (Å²) in [4.78, 5) is 14.3. The minimum Gasteiger partial charge on any atom is -0.261 e. The van der Waals surface area contributed by atoms with E-state index in [1.165, 1.54) is 24.4 Å². The summed E-state index contributed by atoms with van der Waals surface area (Å²) < 4.78 is 0. The van der Waals surface area contributed by atoms with Crippen molar-refractivity contribution in [2.45, 2.75) is 0 Å². The van der Waals surface area contributed by atoms with Crippen LogP contribution in [0.5, 0.6) is 0 Å². The predicted octanol–water partition coefficient (Wildman–Crippen LogP) is 3.09. The average molecular weight is 277 g/mol. The van der Waals surface area contributed by atoms with Crippen molar-refractivity contribution >= 4 is 29.3 Å². The number of benzene rings is 1. The number of aromatic nitrogens is 1. The summed E-state index contributed by atoms with van der Waals surface area (Å²) in [5.74, 6) is 0.545. The van der Waals surface area contributed by atoms with Gasteiger partial charge in [-0.05, 0) is 24.3 Å². The molecular weight excluding hydrogens is 268 g/mol. The molecule has 0 aliphatic carbocycles. The van der Waals surface area contributed by atoms with E-state index in [9.17, 15) is 10.1 Å². The maximum absolute atomic E-state index is 10.8. The van der Waals surface area contributed by atoms with Gasteiger partial charge in [-0.2, -0.15) is 5.10 Å². The van der Waals surface area contributed by atoms with Crippen molar-refractivity contribution in [3.63, 3.8) is 0 Å². The number of hydrogen-bond donors (Lipinski definition) is 1. The summed E-state index contributed by atoms with van der Waals surface area (Å²) in [6, 6.07) is 9.57. The predicted molar refractivity (Wildman–Crippen MR) is 73.6 cm³/mol. The standard InChI is InChI=1S/C12H9ClN4O2/c13-10-4-5-11(17(18)19)9(7-10)8-15-16-12-3-1-2-6-14-12/h1-8H,(H,14,16)/b15-8-. The molecule has 1 aromatic heterocycles. The molecule has 0 saturated carbocycles. The van der Waals surface area contributed by atoms with E-state index < -0.39 is 4.92 Å². The van der Waals surface area contributed by atoms with Gasteiger partial charge in [0.2, 0.25) is 0 Å². The van der Waals surface area contributed by atoms with E-state index in [0.29, 0.717) is 16.4 Å².